The van der Waals surface area contributed by atoms with Crippen molar-refractivity contribution in [1.29, 1.82) is 0 Å². The van der Waals surface area contributed by atoms with Crippen LogP contribution in [0, 0.1) is 5.92 Å². The van der Waals surface area contributed by atoms with Crippen LogP contribution in [0.3, 0.4) is 0 Å². The molecule has 1 saturated carbocycles. The number of esters is 2. The molecule has 2 aromatic carbocycles. The van der Waals surface area contributed by atoms with Gasteiger partial charge in [-0.15, -0.1) is 0 Å². The largest absolute Gasteiger partial charge is 0.463 e. The predicted molar refractivity (Wildman–Crippen MR) is 163 cm³/mol. The molecule has 42 heavy (non-hydrogen) atoms. The van der Waals surface area contributed by atoms with E-state index in [0.717, 1.165) is 44.3 Å². The number of ether oxygens (including phenoxy) is 3. The Kier molecular flexibility index (Phi) is 12.3. The molecule has 1 unspecified atom stereocenters. The van der Waals surface area contributed by atoms with Gasteiger partial charge in [-0.25, -0.2) is 4.79 Å². The molecule has 1 saturated heterocycles. The smallest absolute Gasteiger partial charge is 0.347 e. The van der Waals surface area contributed by atoms with Crippen molar-refractivity contribution in [3.05, 3.63) is 72.3 Å². The van der Waals surface area contributed by atoms with Crippen LogP contribution in [0.1, 0.15) is 70.8 Å². The van der Waals surface area contributed by atoms with Gasteiger partial charge < -0.3 is 14.2 Å². The quantitative estimate of drug-likeness (QED) is 0.193. The van der Waals surface area contributed by atoms with Crippen LogP contribution in [-0.4, -0.2) is 60.6 Å². The van der Waals surface area contributed by atoms with Gasteiger partial charge in [0.1, 0.15) is 0 Å². The zero-order valence-corrected chi connectivity index (χ0v) is 25.0. The van der Waals surface area contributed by atoms with Crippen LogP contribution in [0.25, 0.3) is 11.1 Å². The van der Waals surface area contributed by atoms with Crippen molar-refractivity contribution in [2.45, 2.75) is 90.1 Å². The highest BCUT2D eigenvalue weighted by molar-refractivity contribution is 5.87. The van der Waals surface area contributed by atoms with Crippen LogP contribution in [-0.2, 0) is 35.2 Å². The highest BCUT2D eigenvalue weighted by atomic mass is 16.6. The molecule has 1 aliphatic carbocycles. The number of rotatable bonds is 14. The second-order valence-corrected chi connectivity index (χ2v) is 11.3. The highest BCUT2D eigenvalue weighted by Gasteiger charge is 2.45. The van der Waals surface area contributed by atoms with Gasteiger partial charge in [0.15, 0.2) is 11.9 Å². The first-order valence-electron chi connectivity index (χ1n) is 15.5. The fourth-order valence-corrected chi connectivity index (χ4v) is 6.03. The number of carbonyl (C=O) groups excluding carboxylic acids is 3. The van der Waals surface area contributed by atoms with Crippen LogP contribution >= 0.6 is 0 Å². The average Bonchev–Trinajstić information content (AvgIpc) is 3.33. The van der Waals surface area contributed by atoms with E-state index in [1.54, 1.807) is 6.92 Å². The van der Waals surface area contributed by atoms with E-state index in [4.69, 9.17) is 14.2 Å². The molecule has 2 aromatic rings. The average molecular weight is 576 g/mol. The second-order valence-electron chi connectivity index (χ2n) is 11.3. The molecule has 226 valence electrons. The monoisotopic (exact) mass is 575 g/mol. The van der Waals surface area contributed by atoms with Crippen molar-refractivity contribution in [1.82, 2.24) is 4.90 Å². The fourth-order valence-electron chi connectivity index (χ4n) is 6.03. The van der Waals surface area contributed by atoms with E-state index in [2.05, 4.69) is 47.4 Å². The molecule has 4 atom stereocenters. The molecule has 0 radical (unpaired) electrons. The van der Waals surface area contributed by atoms with Crippen LogP contribution in [0.4, 0.5) is 0 Å². The Balaban J connectivity index is 1.30. The Morgan fingerprint density at radius 1 is 0.952 bits per heavy atom. The Morgan fingerprint density at radius 2 is 1.64 bits per heavy atom. The van der Waals surface area contributed by atoms with E-state index in [9.17, 15) is 14.4 Å². The molecular weight excluding hydrogens is 530 g/mol. The number of allylic oxidation sites excluding steroid dienone is 2. The van der Waals surface area contributed by atoms with E-state index in [-0.39, 0.29) is 31.1 Å². The third-order valence-corrected chi connectivity index (χ3v) is 8.20. The molecule has 0 bridgehead atoms. The minimum absolute atomic E-state index is 0.0801. The molecular formula is C35H45NO6. The van der Waals surface area contributed by atoms with Gasteiger partial charge in [0.05, 0.1) is 25.4 Å². The lowest BCUT2D eigenvalue weighted by Gasteiger charge is -2.35. The highest BCUT2D eigenvalue weighted by Crippen LogP contribution is 2.35. The van der Waals surface area contributed by atoms with Gasteiger partial charge in [0.2, 0.25) is 0 Å². The van der Waals surface area contributed by atoms with E-state index in [0.29, 0.717) is 25.2 Å². The second kappa shape index (κ2) is 16.4. The minimum atomic E-state index is -0.896. The van der Waals surface area contributed by atoms with Gasteiger partial charge in [0.25, 0.3) is 0 Å². The summed E-state index contributed by atoms with van der Waals surface area (Å²) >= 11 is 0. The summed E-state index contributed by atoms with van der Waals surface area (Å²) in [6.07, 6.45) is 9.42. The van der Waals surface area contributed by atoms with Crippen molar-refractivity contribution in [3.8, 4) is 11.1 Å². The number of piperidine rings is 1. The van der Waals surface area contributed by atoms with Gasteiger partial charge in [-0.3, -0.25) is 14.5 Å². The van der Waals surface area contributed by atoms with Crippen molar-refractivity contribution >= 4 is 17.7 Å². The molecule has 1 heterocycles. The Hall–Kier alpha value is -3.29. The maximum atomic E-state index is 13.3. The predicted octanol–water partition coefficient (Wildman–Crippen LogP) is 6.29. The Bertz CT molecular complexity index is 1170. The summed E-state index contributed by atoms with van der Waals surface area (Å²) in [4.78, 5) is 39.4. The summed E-state index contributed by atoms with van der Waals surface area (Å²) in [5.41, 5.74) is 3.46. The van der Waals surface area contributed by atoms with Crippen molar-refractivity contribution < 1.29 is 28.6 Å². The first-order chi connectivity index (χ1) is 20.5. The zero-order chi connectivity index (χ0) is 29.7. The molecule has 2 aliphatic rings. The lowest BCUT2D eigenvalue weighted by atomic mass is 9.92. The summed E-state index contributed by atoms with van der Waals surface area (Å²) in [7, 11) is 0. The number of hydrogen-bond acceptors (Lipinski definition) is 7. The molecule has 0 amide bonds. The topological polar surface area (TPSA) is 82.1 Å². The molecule has 7 heteroatoms. The maximum Gasteiger partial charge on any atom is 0.347 e. The Morgan fingerprint density at radius 3 is 2.36 bits per heavy atom. The van der Waals surface area contributed by atoms with E-state index >= 15 is 0 Å². The molecule has 0 spiro atoms. The minimum Gasteiger partial charge on any atom is -0.463 e. The van der Waals surface area contributed by atoms with Crippen molar-refractivity contribution in [3.63, 3.8) is 0 Å². The van der Waals surface area contributed by atoms with Crippen molar-refractivity contribution in [2.75, 3.05) is 19.7 Å². The first kappa shape index (κ1) is 31.6. The SMILES string of the molecule is CCOC(=O)C(C)OC(=O)CCC=CCC[C@H]1[C@@H](OCc2ccc(-c3ccccc3)cc2)CC(=O)[C@@H]1N1CCCCC1. The number of ketones is 1. The molecule has 7 nitrogen and oxygen atoms in total. The summed E-state index contributed by atoms with van der Waals surface area (Å²) in [6.45, 7) is 5.92. The van der Waals surface area contributed by atoms with Gasteiger partial charge >= 0.3 is 11.9 Å². The fraction of sp³-hybridized carbons (Fsp3) is 0.514. The third-order valence-electron chi connectivity index (χ3n) is 8.20. The van der Waals surface area contributed by atoms with Crippen LogP contribution in [0.5, 0.6) is 0 Å². The molecule has 4 rings (SSSR count). The lowest BCUT2D eigenvalue weighted by molar-refractivity contribution is -0.166. The van der Waals surface area contributed by atoms with Gasteiger partial charge in [-0.05, 0) is 75.7 Å². The van der Waals surface area contributed by atoms with Crippen LogP contribution in [0.15, 0.2) is 66.7 Å². The molecule has 0 N–H and O–H groups in total. The molecule has 0 aromatic heterocycles. The summed E-state index contributed by atoms with van der Waals surface area (Å²) in [6, 6.07) is 18.7. The molecule has 1 aliphatic heterocycles. The number of carbonyl (C=O) groups is 3. The van der Waals surface area contributed by atoms with Crippen molar-refractivity contribution in [2.24, 2.45) is 5.92 Å². The number of benzene rings is 2. The van der Waals surface area contributed by atoms with E-state index < -0.39 is 18.0 Å². The van der Waals surface area contributed by atoms with Crippen LogP contribution in [0.2, 0.25) is 0 Å². The molecule has 2 fully saturated rings. The summed E-state index contributed by atoms with van der Waals surface area (Å²) in [5.74, 6) is -0.512. The third kappa shape index (κ3) is 9.10. The normalized spacial score (nSPS) is 21.9. The van der Waals surface area contributed by atoms with Gasteiger partial charge in [-0.2, -0.15) is 0 Å². The number of likely N-dealkylation sites (tertiary alicyclic amines) is 1. The van der Waals surface area contributed by atoms with Gasteiger partial charge in [-0.1, -0.05) is 73.2 Å². The summed E-state index contributed by atoms with van der Waals surface area (Å²) < 4.78 is 16.5. The van der Waals surface area contributed by atoms with Gasteiger partial charge in [0, 0.05) is 18.8 Å². The van der Waals surface area contributed by atoms with Crippen LogP contribution < -0.4 is 0 Å². The zero-order valence-electron chi connectivity index (χ0n) is 25.0. The first-order valence-corrected chi connectivity index (χ1v) is 15.5. The van der Waals surface area contributed by atoms with E-state index in [1.807, 2.05) is 24.3 Å². The standard InChI is InChI=1S/C35H45NO6/c1-3-40-35(39)26(2)42-33(38)17-11-5-4-10-16-30-32(24-31(37)34(30)36-22-12-7-13-23-36)41-25-27-18-20-29(21-19-27)28-14-8-6-9-15-28/h4-6,8-9,14-15,18-21,26,30,32,34H,3,7,10-13,16-17,22-25H2,1-2H3/t26?,30-,32-,34+/m0/s1. The summed E-state index contributed by atoms with van der Waals surface area (Å²) in [5, 5.41) is 0. The maximum absolute atomic E-state index is 13.3. The number of hydrogen-bond donors (Lipinski definition) is 0. The number of Topliss-reactive ketones (excluding diaryl/α,β-unsaturated/α-hetero) is 1. The number of nitrogens with zero attached hydrogens (tertiary/aromatic N) is 1. The Labute approximate surface area is 250 Å². The van der Waals surface area contributed by atoms with E-state index in [1.165, 1.54) is 24.5 Å². The lowest BCUT2D eigenvalue weighted by Crippen LogP contribution is -2.46.